The summed E-state index contributed by atoms with van der Waals surface area (Å²) in [6.45, 7) is 0.860. The molecule has 1 amide bonds. The zero-order valence-electron chi connectivity index (χ0n) is 14.5. The van der Waals surface area contributed by atoms with Crippen molar-refractivity contribution in [2.24, 2.45) is 0 Å². The van der Waals surface area contributed by atoms with Gasteiger partial charge in [0, 0.05) is 25.2 Å². The zero-order valence-corrected chi connectivity index (χ0v) is 15.3. The summed E-state index contributed by atoms with van der Waals surface area (Å²) in [6.07, 6.45) is 8.61. The molecule has 1 aromatic rings. The van der Waals surface area contributed by atoms with Crippen molar-refractivity contribution in [2.45, 2.75) is 32.1 Å². The van der Waals surface area contributed by atoms with Gasteiger partial charge in [0.25, 0.3) is 5.91 Å². The second-order valence-corrected chi connectivity index (χ2v) is 8.27. The number of nitrogens with zero attached hydrogens (tertiary/aromatic N) is 1. The number of benzene rings is 1. The average Bonchev–Trinajstić information content (AvgIpc) is 2.58. The van der Waals surface area contributed by atoms with Crippen molar-refractivity contribution in [2.75, 3.05) is 25.9 Å². The van der Waals surface area contributed by atoms with Crippen LogP contribution in [-0.4, -0.2) is 44.5 Å². The minimum absolute atomic E-state index is 0.211. The Balaban J connectivity index is 1.84. The molecule has 2 rings (SSSR count). The van der Waals surface area contributed by atoms with E-state index in [0.29, 0.717) is 12.1 Å². The van der Waals surface area contributed by atoms with Crippen LogP contribution in [0.25, 0.3) is 0 Å². The third kappa shape index (κ3) is 6.59. The fraction of sp³-hybridized carbons (Fsp3) is 0.500. The second kappa shape index (κ2) is 9.10. The topological polar surface area (TPSA) is 66.5 Å². The van der Waals surface area contributed by atoms with Crippen LogP contribution >= 0.6 is 0 Å². The van der Waals surface area contributed by atoms with Crippen LogP contribution in [0.2, 0.25) is 0 Å². The van der Waals surface area contributed by atoms with Gasteiger partial charge >= 0.3 is 0 Å². The number of carbonyl (C=O) groups excluding carboxylic acids is 1. The van der Waals surface area contributed by atoms with E-state index in [1.54, 1.807) is 0 Å². The summed E-state index contributed by atoms with van der Waals surface area (Å²) in [5, 5.41) is 2.68. The van der Waals surface area contributed by atoms with E-state index in [1.807, 2.05) is 0 Å². The Morgan fingerprint density at radius 2 is 1.92 bits per heavy atom. The standard InChI is InChI=1S/C18H25FN2O3S/c1-25(23,24)21(13-11-15-5-3-2-4-6-15)14-12-20-18(22)16-7-9-17(19)10-8-16/h5,7-10H,2-4,6,11-14H2,1H3,(H,20,22). The number of rotatable bonds is 8. The van der Waals surface area contributed by atoms with Gasteiger partial charge in [-0.1, -0.05) is 11.6 Å². The highest BCUT2D eigenvalue weighted by Gasteiger charge is 2.17. The number of hydrogen-bond donors (Lipinski definition) is 1. The maximum Gasteiger partial charge on any atom is 0.251 e. The molecule has 1 N–H and O–H groups in total. The highest BCUT2D eigenvalue weighted by Crippen LogP contribution is 2.20. The molecular formula is C18H25FN2O3S. The van der Waals surface area contributed by atoms with Crippen LogP contribution in [0.1, 0.15) is 42.5 Å². The number of allylic oxidation sites excluding steroid dienone is 1. The van der Waals surface area contributed by atoms with Crippen molar-refractivity contribution in [1.29, 1.82) is 0 Å². The van der Waals surface area contributed by atoms with Crippen LogP contribution in [0, 0.1) is 5.82 Å². The van der Waals surface area contributed by atoms with Crippen molar-refractivity contribution < 1.29 is 17.6 Å². The quantitative estimate of drug-likeness (QED) is 0.718. The summed E-state index contributed by atoms with van der Waals surface area (Å²) in [6, 6.07) is 5.23. The maximum atomic E-state index is 12.9. The molecule has 0 unspecified atom stereocenters. The van der Waals surface area contributed by atoms with E-state index in [-0.39, 0.29) is 19.0 Å². The average molecular weight is 368 g/mol. The van der Waals surface area contributed by atoms with Gasteiger partial charge in [0.2, 0.25) is 10.0 Å². The number of hydrogen-bond acceptors (Lipinski definition) is 3. The number of sulfonamides is 1. The van der Waals surface area contributed by atoms with Crippen LogP contribution in [0.4, 0.5) is 4.39 Å². The Morgan fingerprint density at radius 3 is 2.52 bits per heavy atom. The Hall–Kier alpha value is -1.73. The monoisotopic (exact) mass is 368 g/mol. The summed E-state index contributed by atoms with van der Waals surface area (Å²) in [4.78, 5) is 12.0. The lowest BCUT2D eigenvalue weighted by atomic mass is 9.97. The molecule has 138 valence electrons. The number of carbonyl (C=O) groups is 1. The third-order valence-electron chi connectivity index (χ3n) is 4.29. The van der Waals surface area contributed by atoms with Crippen LogP contribution in [0.5, 0.6) is 0 Å². The molecule has 5 nitrogen and oxygen atoms in total. The summed E-state index contributed by atoms with van der Waals surface area (Å²) < 4.78 is 38.1. The molecule has 0 radical (unpaired) electrons. The van der Waals surface area contributed by atoms with Crippen molar-refractivity contribution in [1.82, 2.24) is 9.62 Å². The van der Waals surface area contributed by atoms with E-state index in [4.69, 9.17) is 0 Å². The molecule has 0 saturated carbocycles. The fourth-order valence-corrected chi connectivity index (χ4v) is 3.69. The smallest absolute Gasteiger partial charge is 0.251 e. The first kappa shape index (κ1) is 19.6. The minimum Gasteiger partial charge on any atom is -0.351 e. The van der Waals surface area contributed by atoms with E-state index in [1.165, 1.54) is 53.2 Å². The van der Waals surface area contributed by atoms with Crippen LogP contribution in [0.15, 0.2) is 35.9 Å². The molecule has 0 aliphatic heterocycles. The highest BCUT2D eigenvalue weighted by molar-refractivity contribution is 7.88. The number of amides is 1. The summed E-state index contributed by atoms with van der Waals surface area (Å²) >= 11 is 0. The second-order valence-electron chi connectivity index (χ2n) is 6.28. The molecule has 7 heteroatoms. The van der Waals surface area contributed by atoms with Gasteiger partial charge in [-0.3, -0.25) is 4.79 Å². The lowest BCUT2D eigenvalue weighted by molar-refractivity contribution is 0.0951. The Labute approximate surface area is 149 Å². The van der Waals surface area contributed by atoms with Crippen LogP contribution < -0.4 is 5.32 Å². The van der Waals surface area contributed by atoms with Crippen LogP contribution in [-0.2, 0) is 10.0 Å². The molecule has 1 aliphatic carbocycles. The first-order chi connectivity index (χ1) is 11.9. The highest BCUT2D eigenvalue weighted by atomic mass is 32.2. The summed E-state index contributed by atoms with van der Waals surface area (Å²) in [5.41, 5.74) is 1.66. The summed E-state index contributed by atoms with van der Waals surface area (Å²) in [7, 11) is -3.33. The Kier molecular flexibility index (Phi) is 7.13. The molecule has 0 fully saturated rings. The van der Waals surface area contributed by atoms with Gasteiger partial charge in [-0.15, -0.1) is 0 Å². The number of nitrogens with one attached hydrogen (secondary N) is 1. The molecule has 1 aliphatic rings. The minimum atomic E-state index is -3.33. The normalized spacial score (nSPS) is 15.1. The van der Waals surface area contributed by atoms with Gasteiger partial charge < -0.3 is 5.32 Å². The van der Waals surface area contributed by atoms with Crippen molar-refractivity contribution in [3.63, 3.8) is 0 Å². The molecule has 25 heavy (non-hydrogen) atoms. The summed E-state index contributed by atoms with van der Waals surface area (Å²) in [5.74, 6) is -0.750. The predicted octanol–water partition coefficient (Wildman–Crippen LogP) is 2.71. The predicted molar refractivity (Wildman–Crippen MR) is 96.3 cm³/mol. The Morgan fingerprint density at radius 1 is 1.20 bits per heavy atom. The molecule has 0 atom stereocenters. The maximum absolute atomic E-state index is 12.9. The van der Waals surface area contributed by atoms with Crippen molar-refractivity contribution in [3.05, 3.63) is 47.3 Å². The molecule has 1 aromatic carbocycles. The first-order valence-electron chi connectivity index (χ1n) is 8.53. The fourth-order valence-electron chi connectivity index (χ4n) is 2.84. The molecule has 0 aromatic heterocycles. The van der Waals surface area contributed by atoms with Crippen molar-refractivity contribution >= 4 is 15.9 Å². The Bertz CT molecular complexity index is 714. The lowest BCUT2D eigenvalue weighted by Crippen LogP contribution is -2.38. The van der Waals surface area contributed by atoms with E-state index in [0.717, 1.165) is 19.3 Å². The van der Waals surface area contributed by atoms with Crippen molar-refractivity contribution in [3.8, 4) is 0 Å². The largest absolute Gasteiger partial charge is 0.351 e. The van der Waals surface area contributed by atoms with E-state index < -0.39 is 15.8 Å². The van der Waals surface area contributed by atoms with Gasteiger partial charge in [0.05, 0.1) is 6.26 Å². The molecule has 0 bridgehead atoms. The molecular weight excluding hydrogens is 343 g/mol. The first-order valence-corrected chi connectivity index (χ1v) is 10.4. The molecule has 0 heterocycles. The van der Waals surface area contributed by atoms with E-state index in [9.17, 15) is 17.6 Å². The van der Waals surface area contributed by atoms with Crippen LogP contribution in [0.3, 0.4) is 0 Å². The van der Waals surface area contributed by atoms with Gasteiger partial charge in [0.1, 0.15) is 5.82 Å². The van der Waals surface area contributed by atoms with Gasteiger partial charge in [-0.2, -0.15) is 0 Å². The lowest BCUT2D eigenvalue weighted by Gasteiger charge is -2.22. The number of halogens is 1. The zero-order chi connectivity index (χ0) is 18.3. The van der Waals surface area contributed by atoms with Gasteiger partial charge in [-0.25, -0.2) is 17.1 Å². The van der Waals surface area contributed by atoms with E-state index in [2.05, 4.69) is 11.4 Å². The van der Waals surface area contributed by atoms with E-state index >= 15 is 0 Å². The van der Waals surface area contributed by atoms with Gasteiger partial charge in [-0.05, 0) is 56.4 Å². The van der Waals surface area contributed by atoms with Gasteiger partial charge in [0.15, 0.2) is 0 Å². The molecule has 0 saturated heterocycles. The SMILES string of the molecule is CS(=O)(=O)N(CCNC(=O)c1ccc(F)cc1)CCC1=CCCCC1. The molecule has 0 spiro atoms. The third-order valence-corrected chi connectivity index (χ3v) is 5.59.